The number of carbonyl (C=O) groups excluding carboxylic acids is 3. The molecule has 2 N–H and O–H groups in total. The summed E-state index contributed by atoms with van der Waals surface area (Å²) in [6, 6.07) is 11.9. The number of esters is 1. The standard InChI is InChI=1S/C24H25N3O6S/c1-31-18-9-4-14(10-19(18)32-2)11-25-20(28)12-27-17-13-33-23(29)21(17)22(26-24(27)30)15-5-7-16(34-3)8-6-15/h4-10,22H,11-13H2,1-3H3,(H,25,28)(H,26,30)/t22-/m1/s1. The van der Waals surface area contributed by atoms with E-state index in [1.165, 1.54) is 12.0 Å². The lowest BCUT2D eigenvalue weighted by molar-refractivity contribution is -0.136. The Balaban J connectivity index is 1.48. The van der Waals surface area contributed by atoms with Gasteiger partial charge in [0.15, 0.2) is 11.5 Å². The van der Waals surface area contributed by atoms with E-state index >= 15 is 0 Å². The molecule has 0 spiro atoms. The van der Waals surface area contributed by atoms with Crippen LogP contribution in [0.25, 0.3) is 0 Å². The van der Waals surface area contributed by atoms with Crippen molar-refractivity contribution in [3.63, 3.8) is 0 Å². The highest BCUT2D eigenvalue weighted by molar-refractivity contribution is 7.98. The molecule has 0 aromatic heterocycles. The van der Waals surface area contributed by atoms with Gasteiger partial charge in [-0.2, -0.15) is 0 Å². The average Bonchev–Trinajstić information content (AvgIpc) is 3.25. The maximum atomic E-state index is 12.9. The first-order chi connectivity index (χ1) is 16.4. The number of nitrogens with one attached hydrogen (secondary N) is 2. The monoisotopic (exact) mass is 483 g/mol. The maximum absolute atomic E-state index is 12.9. The fourth-order valence-electron chi connectivity index (χ4n) is 3.92. The van der Waals surface area contributed by atoms with Crippen molar-refractivity contribution in [1.82, 2.24) is 15.5 Å². The van der Waals surface area contributed by atoms with Gasteiger partial charge in [0.1, 0.15) is 13.2 Å². The van der Waals surface area contributed by atoms with Gasteiger partial charge in [0.2, 0.25) is 5.91 Å². The highest BCUT2D eigenvalue weighted by atomic mass is 32.2. The second kappa shape index (κ2) is 10.1. The van der Waals surface area contributed by atoms with Crippen molar-refractivity contribution in [2.45, 2.75) is 17.5 Å². The molecule has 1 atom stereocenters. The minimum atomic E-state index is -0.625. The molecule has 10 heteroatoms. The Kier molecular flexibility index (Phi) is 6.97. The number of ether oxygens (including phenoxy) is 3. The number of carbonyl (C=O) groups is 3. The van der Waals surface area contributed by atoms with E-state index in [4.69, 9.17) is 14.2 Å². The lowest BCUT2D eigenvalue weighted by atomic mass is 9.96. The number of nitrogens with zero attached hydrogens (tertiary/aromatic N) is 1. The predicted octanol–water partition coefficient (Wildman–Crippen LogP) is 2.62. The van der Waals surface area contributed by atoms with Crippen LogP contribution in [0.2, 0.25) is 0 Å². The molecule has 2 heterocycles. The molecule has 0 bridgehead atoms. The zero-order valence-electron chi connectivity index (χ0n) is 19.0. The number of rotatable bonds is 8. The number of hydrogen-bond acceptors (Lipinski definition) is 7. The van der Waals surface area contributed by atoms with Crippen LogP contribution in [0.1, 0.15) is 17.2 Å². The third-order valence-corrected chi connectivity index (χ3v) is 6.43. The first-order valence-corrected chi connectivity index (χ1v) is 11.8. The Hall–Kier alpha value is -3.66. The predicted molar refractivity (Wildman–Crippen MR) is 126 cm³/mol. The second-order valence-corrected chi connectivity index (χ2v) is 8.52. The minimum Gasteiger partial charge on any atom is -0.493 e. The summed E-state index contributed by atoms with van der Waals surface area (Å²) >= 11 is 1.60. The average molecular weight is 484 g/mol. The number of methoxy groups -OCH3 is 2. The number of amides is 3. The molecular weight excluding hydrogens is 458 g/mol. The van der Waals surface area contributed by atoms with Gasteiger partial charge in [-0.1, -0.05) is 18.2 Å². The van der Waals surface area contributed by atoms with Gasteiger partial charge in [0, 0.05) is 11.4 Å². The highest BCUT2D eigenvalue weighted by Gasteiger charge is 2.42. The van der Waals surface area contributed by atoms with Crippen molar-refractivity contribution in [2.24, 2.45) is 0 Å². The molecule has 0 unspecified atom stereocenters. The summed E-state index contributed by atoms with van der Waals surface area (Å²) in [5, 5.41) is 5.63. The van der Waals surface area contributed by atoms with Crippen LogP contribution in [-0.2, 0) is 20.9 Å². The third-order valence-electron chi connectivity index (χ3n) is 5.69. The third kappa shape index (κ3) is 4.67. The first kappa shape index (κ1) is 23.5. The summed E-state index contributed by atoms with van der Waals surface area (Å²) in [6.07, 6.45) is 1.97. The Morgan fingerprint density at radius 1 is 1.15 bits per heavy atom. The lowest BCUT2D eigenvalue weighted by Crippen LogP contribution is -2.50. The molecule has 4 rings (SSSR count). The van der Waals surface area contributed by atoms with Crippen molar-refractivity contribution in [3.8, 4) is 11.5 Å². The van der Waals surface area contributed by atoms with Gasteiger partial charge in [-0.25, -0.2) is 9.59 Å². The summed E-state index contributed by atoms with van der Waals surface area (Å²) in [6.45, 7) is -0.0585. The van der Waals surface area contributed by atoms with E-state index in [2.05, 4.69) is 10.6 Å². The van der Waals surface area contributed by atoms with E-state index in [0.717, 1.165) is 16.0 Å². The molecule has 2 aromatic carbocycles. The van der Waals surface area contributed by atoms with Gasteiger partial charge in [-0.05, 0) is 41.6 Å². The van der Waals surface area contributed by atoms with Gasteiger partial charge < -0.3 is 24.8 Å². The van der Waals surface area contributed by atoms with Crippen LogP contribution in [0.15, 0.2) is 58.6 Å². The number of cyclic esters (lactones) is 1. The zero-order chi connectivity index (χ0) is 24.2. The van der Waals surface area contributed by atoms with E-state index in [1.807, 2.05) is 36.6 Å². The molecule has 0 aliphatic carbocycles. The molecule has 3 amide bonds. The van der Waals surface area contributed by atoms with Crippen molar-refractivity contribution in [2.75, 3.05) is 33.6 Å². The van der Waals surface area contributed by atoms with E-state index in [1.54, 1.807) is 31.0 Å². The molecule has 2 aliphatic rings. The molecule has 0 saturated heterocycles. The smallest absolute Gasteiger partial charge is 0.338 e. The van der Waals surface area contributed by atoms with Crippen LogP contribution in [0.4, 0.5) is 4.79 Å². The first-order valence-electron chi connectivity index (χ1n) is 10.5. The molecule has 178 valence electrons. The fraction of sp³-hybridized carbons (Fsp3) is 0.292. The second-order valence-electron chi connectivity index (χ2n) is 7.64. The van der Waals surface area contributed by atoms with Crippen molar-refractivity contribution in [1.29, 1.82) is 0 Å². The number of thioether (sulfide) groups is 1. The number of benzene rings is 2. The molecule has 0 saturated carbocycles. The van der Waals surface area contributed by atoms with Crippen molar-refractivity contribution >= 4 is 29.7 Å². The van der Waals surface area contributed by atoms with Crippen LogP contribution in [-0.4, -0.2) is 56.4 Å². The van der Waals surface area contributed by atoms with Crippen LogP contribution in [0.5, 0.6) is 11.5 Å². The molecule has 2 aromatic rings. The van der Waals surface area contributed by atoms with Gasteiger partial charge in [-0.3, -0.25) is 9.69 Å². The van der Waals surface area contributed by atoms with Crippen LogP contribution < -0.4 is 20.1 Å². The Morgan fingerprint density at radius 3 is 2.56 bits per heavy atom. The van der Waals surface area contributed by atoms with Crippen LogP contribution in [0.3, 0.4) is 0 Å². The van der Waals surface area contributed by atoms with Gasteiger partial charge in [0.25, 0.3) is 0 Å². The van der Waals surface area contributed by atoms with Gasteiger partial charge in [-0.15, -0.1) is 11.8 Å². The van der Waals surface area contributed by atoms with E-state index in [0.29, 0.717) is 22.8 Å². The summed E-state index contributed by atoms with van der Waals surface area (Å²) in [5.41, 5.74) is 2.34. The van der Waals surface area contributed by atoms with E-state index in [9.17, 15) is 14.4 Å². The highest BCUT2D eigenvalue weighted by Crippen LogP contribution is 2.35. The molecule has 0 fully saturated rings. The Labute approximate surface area is 201 Å². The molecule has 0 radical (unpaired) electrons. The minimum absolute atomic E-state index is 0.0516. The summed E-state index contributed by atoms with van der Waals surface area (Å²) in [4.78, 5) is 40.4. The lowest BCUT2D eigenvalue weighted by Gasteiger charge is -2.32. The summed E-state index contributed by atoms with van der Waals surface area (Å²) in [5.74, 6) is 0.270. The number of urea groups is 1. The molecule has 2 aliphatic heterocycles. The normalized spacial score (nSPS) is 17.1. The fourth-order valence-corrected chi connectivity index (χ4v) is 4.32. The summed E-state index contributed by atoms with van der Waals surface area (Å²) < 4.78 is 15.7. The zero-order valence-corrected chi connectivity index (χ0v) is 19.9. The van der Waals surface area contributed by atoms with Crippen molar-refractivity contribution in [3.05, 3.63) is 64.9 Å². The largest absolute Gasteiger partial charge is 0.493 e. The number of hydrogen-bond donors (Lipinski definition) is 2. The van der Waals surface area contributed by atoms with Crippen LogP contribution >= 0.6 is 11.8 Å². The Morgan fingerprint density at radius 2 is 1.88 bits per heavy atom. The van der Waals surface area contributed by atoms with E-state index < -0.39 is 18.0 Å². The van der Waals surface area contributed by atoms with Crippen LogP contribution in [0, 0.1) is 0 Å². The SMILES string of the molecule is COc1ccc(CNC(=O)CN2C(=O)N[C@H](c3ccc(SC)cc3)C3=C2COC3=O)cc1OC. The maximum Gasteiger partial charge on any atom is 0.338 e. The molecular formula is C24H25N3O6S. The van der Waals surface area contributed by atoms with E-state index in [-0.39, 0.29) is 25.6 Å². The quantitative estimate of drug-likeness (QED) is 0.439. The van der Waals surface area contributed by atoms with Gasteiger partial charge in [0.05, 0.1) is 31.5 Å². The topological polar surface area (TPSA) is 106 Å². The van der Waals surface area contributed by atoms with Crippen molar-refractivity contribution < 1.29 is 28.6 Å². The summed E-state index contributed by atoms with van der Waals surface area (Å²) in [7, 11) is 3.09. The molecule has 9 nitrogen and oxygen atoms in total. The van der Waals surface area contributed by atoms with Gasteiger partial charge >= 0.3 is 12.0 Å². The molecule has 34 heavy (non-hydrogen) atoms. The Bertz CT molecular complexity index is 1150.